The number of hydrogen-bond donors (Lipinski definition) is 3. The van der Waals surface area contributed by atoms with Gasteiger partial charge in [-0.15, -0.1) is 0 Å². The van der Waals surface area contributed by atoms with E-state index in [0.29, 0.717) is 28.1 Å². The van der Waals surface area contributed by atoms with Crippen molar-refractivity contribution >= 4 is 21.8 Å². The van der Waals surface area contributed by atoms with Crippen molar-refractivity contribution in [1.29, 1.82) is 0 Å². The van der Waals surface area contributed by atoms with Crippen molar-refractivity contribution in [2.75, 3.05) is 5.73 Å². The molecule has 0 unspecified atom stereocenters. The summed E-state index contributed by atoms with van der Waals surface area (Å²) in [5.41, 5.74) is 7.22. The van der Waals surface area contributed by atoms with Crippen LogP contribution in [0.15, 0.2) is 65.7 Å². The van der Waals surface area contributed by atoms with Crippen LogP contribution in [0, 0.1) is 5.82 Å². The van der Waals surface area contributed by atoms with E-state index >= 15 is 0 Å². The van der Waals surface area contributed by atoms with Crippen molar-refractivity contribution in [1.82, 2.24) is 4.98 Å². The van der Waals surface area contributed by atoms with Gasteiger partial charge in [0.15, 0.2) is 0 Å². The third kappa shape index (κ3) is 6.23. The summed E-state index contributed by atoms with van der Waals surface area (Å²) in [5.74, 6) is -2.91. The molecular weight excluding hydrogens is 442 g/mol. The molecule has 0 atom stereocenters. The van der Waals surface area contributed by atoms with E-state index in [1.54, 1.807) is 42.5 Å². The second-order valence-electron chi connectivity index (χ2n) is 6.01. The molecule has 0 spiro atoms. The fourth-order valence-electron chi connectivity index (χ4n) is 2.43. The minimum absolute atomic E-state index is 0.0497. The van der Waals surface area contributed by atoms with Gasteiger partial charge in [-0.25, -0.2) is 27.7 Å². The zero-order valence-electron chi connectivity index (χ0n) is 15.5. The number of pyridine rings is 1. The molecule has 0 saturated carbocycles. The normalized spacial score (nSPS) is 11.4. The second-order valence-corrected chi connectivity index (χ2v) is 7.54. The molecule has 0 aliphatic heterocycles. The first kappa shape index (κ1) is 23.8. The number of nitrogens with two attached hydrogens (primary N) is 2. The Morgan fingerprint density at radius 1 is 0.968 bits per heavy atom. The summed E-state index contributed by atoms with van der Waals surface area (Å²) >= 11 is 0. The number of carbonyl (C=O) groups is 1. The van der Waals surface area contributed by atoms with Crippen molar-refractivity contribution in [3.05, 3.63) is 66.6 Å². The van der Waals surface area contributed by atoms with Crippen LogP contribution in [-0.2, 0) is 14.8 Å². The lowest BCUT2D eigenvalue weighted by Gasteiger charge is -2.10. The third-order valence-corrected chi connectivity index (χ3v) is 4.78. The summed E-state index contributed by atoms with van der Waals surface area (Å²) in [4.78, 5) is 12.8. The maximum atomic E-state index is 14.5. The summed E-state index contributed by atoms with van der Waals surface area (Å²) < 4.78 is 69.6. The van der Waals surface area contributed by atoms with E-state index in [1.807, 2.05) is 0 Å². The number of alkyl halides is 3. The number of sulfonamides is 1. The molecule has 0 radical (unpaired) electrons. The van der Waals surface area contributed by atoms with Crippen molar-refractivity contribution in [2.24, 2.45) is 5.14 Å². The Morgan fingerprint density at radius 2 is 1.55 bits per heavy atom. The highest BCUT2D eigenvalue weighted by Crippen LogP contribution is 2.31. The number of nitrogens with zero attached hydrogens (tertiary/aromatic N) is 1. The highest BCUT2D eigenvalue weighted by Gasteiger charge is 2.38. The molecular formula is C19H15F4N3O4S. The van der Waals surface area contributed by atoms with Crippen LogP contribution in [0.1, 0.15) is 0 Å². The van der Waals surface area contributed by atoms with Gasteiger partial charge in [0.2, 0.25) is 10.0 Å². The minimum atomic E-state index is -5.08. The SMILES string of the molecule is Nc1ccc(-c2ccc(-c3ccccc3S(N)(=O)=O)cc2F)cn1.O=C(O)C(F)(F)F. The molecule has 0 fully saturated rings. The van der Waals surface area contributed by atoms with Gasteiger partial charge < -0.3 is 10.8 Å². The van der Waals surface area contributed by atoms with Crippen LogP contribution in [-0.4, -0.2) is 30.7 Å². The molecule has 0 saturated heterocycles. The first-order valence-electron chi connectivity index (χ1n) is 8.24. The van der Waals surface area contributed by atoms with Gasteiger partial charge in [0, 0.05) is 22.9 Å². The zero-order valence-corrected chi connectivity index (χ0v) is 16.3. The largest absolute Gasteiger partial charge is 0.490 e. The van der Waals surface area contributed by atoms with Crippen LogP contribution < -0.4 is 10.9 Å². The lowest BCUT2D eigenvalue weighted by atomic mass is 10.0. The number of aliphatic carboxylic acids is 1. The van der Waals surface area contributed by atoms with E-state index in [4.69, 9.17) is 20.8 Å². The van der Waals surface area contributed by atoms with Crippen LogP contribution in [0.3, 0.4) is 0 Å². The number of carboxylic acids is 1. The average Bonchev–Trinajstić information content (AvgIpc) is 2.68. The van der Waals surface area contributed by atoms with Gasteiger partial charge in [0.25, 0.3) is 0 Å². The first-order valence-corrected chi connectivity index (χ1v) is 9.79. The molecule has 12 heteroatoms. The molecule has 5 N–H and O–H groups in total. The van der Waals surface area contributed by atoms with Gasteiger partial charge in [-0.1, -0.05) is 30.3 Å². The highest BCUT2D eigenvalue weighted by molar-refractivity contribution is 7.89. The molecule has 2 aromatic carbocycles. The number of halogens is 4. The number of primary sulfonamides is 1. The number of benzene rings is 2. The van der Waals surface area contributed by atoms with E-state index < -0.39 is 28.0 Å². The maximum Gasteiger partial charge on any atom is 0.490 e. The Kier molecular flexibility index (Phi) is 6.98. The molecule has 0 bridgehead atoms. The van der Waals surface area contributed by atoms with Crippen LogP contribution in [0.25, 0.3) is 22.3 Å². The Labute approximate surface area is 174 Å². The molecule has 0 aliphatic carbocycles. The number of aromatic nitrogens is 1. The second kappa shape index (κ2) is 9.10. The molecule has 1 aromatic heterocycles. The average molecular weight is 457 g/mol. The number of rotatable bonds is 3. The topological polar surface area (TPSA) is 136 Å². The van der Waals surface area contributed by atoms with Crippen molar-refractivity contribution < 1.29 is 35.9 Å². The van der Waals surface area contributed by atoms with Crippen molar-refractivity contribution in [3.63, 3.8) is 0 Å². The summed E-state index contributed by atoms with van der Waals surface area (Å²) in [6.45, 7) is 0. The van der Waals surface area contributed by atoms with Crippen LogP contribution in [0.4, 0.5) is 23.4 Å². The maximum absolute atomic E-state index is 14.5. The van der Waals surface area contributed by atoms with Gasteiger partial charge in [-0.05, 0) is 29.8 Å². The lowest BCUT2D eigenvalue weighted by Crippen LogP contribution is -2.21. The molecule has 3 aromatic rings. The Balaban J connectivity index is 0.000000423. The Morgan fingerprint density at radius 3 is 2.03 bits per heavy atom. The van der Waals surface area contributed by atoms with E-state index in [9.17, 15) is 26.0 Å². The van der Waals surface area contributed by atoms with Gasteiger partial charge in [0.05, 0.1) is 4.90 Å². The molecule has 3 rings (SSSR count). The molecule has 7 nitrogen and oxygen atoms in total. The predicted molar refractivity (Wildman–Crippen MR) is 105 cm³/mol. The quantitative estimate of drug-likeness (QED) is 0.516. The Bertz CT molecular complexity index is 1200. The van der Waals surface area contributed by atoms with Crippen molar-refractivity contribution in [3.8, 4) is 22.3 Å². The number of nitrogen functional groups attached to an aromatic ring is 1. The summed E-state index contributed by atoms with van der Waals surface area (Å²) in [7, 11) is -3.91. The van der Waals surface area contributed by atoms with Gasteiger partial charge >= 0.3 is 12.1 Å². The summed E-state index contributed by atoms with van der Waals surface area (Å²) in [6, 6.07) is 13.9. The van der Waals surface area contributed by atoms with E-state index in [2.05, 4.69) is 4.98 Å². The van der Waals surface area contributed by atoms with Gasteiger partial charge in [0.1, 0.15) is 11.6 Å². The van der Waals surface area contributed by atoms with Crippen LogP contribution in [0.5, 0.6) is 0 Å². The van der Waals surface area contributed by atoms with Crippen LogP contribution >= 0.6 is 0 Å². The van der Waals surface area contributed by atoms with Gasteiger partial charge in [-0.2, -0.15) is 13.2 Å². The molecule has 31 heavy (non-hydrogen) atoms. The fourth-order valence-corrected chi connectivity index (χ4v) is 3.20. The van der Waals surface area contributed by atoms with Crippen LogP contribution in [0.2, 0.25) is 0 Å². The minimum Gasteiger partial charge on any atom is -0.475 e. The number of hydrogen-bond acceptors (Lipinski definition) is 5. The third-order valence-electron chi connectivity index (χ3n) is 3.81. The first-order chi connectivity index (χ1) is 14.3. The van der Waals surface area contributed by atoms with E-state index in [-0.39, 0.29) is 4.90 Å². The Hall–Kier alpha value is -3.51. The van der Waals surface area contributed by atoms with Crippen molar-refractivity contribution in [2.45, 2.75) is 11.1 Å². The fraction of sp³-hybridized carbons (Fsp3) is 0.0526. The number of carboxylic acid groups (broad SMARTS) is 1. The monoisotopic (exact) mass is 457 g/mol. The summed E-state index contributed by atoms with van der Waals surface area (Å²) in [5, 5.41) is 12.4. The molecule has 0 aliphatic rings. The standard InChI is InChI=1S/C17H14FN3O2S.C2HF3O2/c18-15-9-11(14-3-1-2-4-16(14)24(20,22)23)5-7-13(15)12-6-8-17(19)21-10-12;3-2(4,5)1(6)7/h1-10H,(H2,19,21)(H2,20,22,23);(H,6,7). The van der Waals surface area contributed by atoms with E-state index in [1.165, 1.54) is 18.3 Å². The lowest BCUT2D eigenvalue weighted by molar-refractivity contribution is -0.192. The zero-order chi connectivity index (χ0) is 23.4. The predicted octanol–water partition coefficient (Wildman–Crippen LogP) is 3.42. The smallest absolute Gasteiger partial charge is 0.475 e. The molecule has 1 heterocycles. The van der Waals surface area contributed by atoms with Gasteiger partial charge in [-0.3, -0.25) is 0 Å². The van der Waals surface area contributed by atoms with E-state index in [0.717, 1.165) is 0 Å². The highest BCUT2D eigenvalue weighted by atomic mass is 32.2. The number of anilines is 1. The molecule has 0 amide bonds. The summed E-state index contributed by atoms with van der Waals surface area (Å²) in [6.07, 6.45) is -3.61. The molecule has 164 valence electrons.